The summed E-state index contributed by atoms with van der Waals surface area (Å²) in [6, 6.07) is 0. The van der Waals surface area contributed by atoms with Gasteiger partial charge in [0.25, 0.3) is 0 Å². The van der Waals surface area contributed by atoms with Crippen molar-refractivity contribution in [1.82, 2.24) is 0 Å². The maximum absolute atomic E-state index is 8.73. The van der Waals surface area contributed by atoms with Crippen LogP contribution in [0, 0.1) is 0 Å². The van der Waals surface area contributed by atoms with E-state index in [-0.39, 0.29) is 12.7 Å². The van der Waals surface area contributed by atoms with Gasteiger partial charge in [-0.3, -0.25) is 0 Å². The molecule has 1 fully saturated rings. The van der Waals surface area contributed by atoms with E-state index in [1.165, 1.54) is 0 Å². The van der Waals surface area contributed by atoms with Crippen LogP contribution < -0.4 is 0 Å². The van der Waals surface area contributed by atoms with Crippen LogP contribution in [-0.4, -0.2) is 24.4 Å². The molecular formula is C10H16O3. The molecule has 1 aliphatic heterocycles. The van der Waals surface area contributed by atoms with E-state index in [1.807, 2.05) is 26.0 Å². The van der Waals surface area contributed by atoms with E-state index in [2.05, 4.69) is 0 Å². The Morgan fingerprint density at radius 3 is 2.62 bits per heavy atom. The molecule has 0 bridgehead atoms. The molecule has 0 amide bonds. The number of rotatable bonds is 2. The number of hydrogen-bond acceptors (Lipinski definition) is 3. The molecule has 74 valence electrons. The van der Waals surface area contributed by atoms with E-state index in [0.717, 1.165) is 11.5 Å². The predicted molar refractivity (Wildman–Crippen MR) is 50.0 cm³/mol. The number of allylic oxidation sites excluding steroid dienone is 2. The first-order chi connectivity index (χ1) is 6.31. The molecule has 1 N–H and O–H groups in total. The largest absolute Gasteiger partial charge is 0.486 e. The SMILES string of the molecule is C/C=C1/OCC(CCO)O/C1=C/C. The minimum absolute atomic E-state index is 0.0140. The summed E-state index contributed by atoms with van der Waals surface area (Å²) in [5, 5.41) is 8.73. The highest BCUT2D eigenvalue weighted by molar-refractivity contribution is 5.20. The minimum Gasteiger partial charge on any atom is -0.486 e. The van der Waals surface area contributed by atoms with E-state index >= 15 is 0 Å². The molecule has 1 unspecified atom stereocenters. The van der Waals surface area contributed by atoms with Gasteiger partial charge < -0.3 is 14.6 Å². The molecule has 0 aromatic rings. The maximum Gasteiger partial charge on any atom is 0.157 e. The second-order valence-electron chi connectivity index (χ2n) is 2.87. The highest BCUT2D eigenvalue weighted by atomic mass is 16.6. The topological polar surface area (TPSA) is 38.7 Å². The van der Waals surface area contributed by atoms with Gasteiger partial charge in [-0.1, -0.05) is 0 Å². The quantitative estimate of drug-likeness (QED) is 0.708. The van der Waals surface area contributed by atoms with Crippen LogP contribution in [0.25, 0.3) is 0 Å². The summed E-state index contributed by atoms with van der Waals surface area (Å²) in [5.74, 6) is 1.56. The van der Waals surface area contributed by atoms with Crippen molar-refractivity contribution in [2.75, 3.05) is 13.2 Å². The van der Waals surface area contributed by atoms with Crippen LogP contribution in [0.15, 0.2) is 23.7 Å². The lowest BCUT2D eigenvalue weighted by molar-refractivity contribution is -0.0183. The smallest absolute Gasteiger partial charge is 0.157 e. The van der Waals surface area contributed by atoms with Crippen LogP contribution in [0.4, 0.5) is 0 Å². The van der Waals surface area contributed by atoms with E-state index < -0.39 is 0 Å². The van der Waals surface area contributed by atoms with Crippen molar-refractivity contribution < 1.29 is 14.6 Å². The van der Waals surface area contributed by atoms with Crippen LogP contribution >= 0.6 is 0 Å². The van der Waals surface area contributed by atoms with Gasteiger partial charge in [0, 0.05) is 13.0 Å². The van der Waals surface area contributed by atoms with Crippen LogP contribution in [0.2, 0.25) is 0 Å². The molecule has 1 atom stereocenters. The monoisotopic (exact) mass is 184 g/mol. The van der Waals surface area contributed by atoms with Crippen molar-refractivity contribution >= 4 is 0 Å². The summed E-state index contributed by atoms with van der Waals surface area (Å²) in [6.45, 7) is 4.48. The average Bonchev–Trinajstić information content (AvgIpc) is 2.18. The molecule has 3 nitrogen and oxygen atoms in total. The van der Waals surface area contributed by atoms with E-state index in [9.17, 15) is 0 Å². The Kier molecular flexibility index (Phi) is 3.83. The lowest BCUT2D eigenvalue weighted by atomic mass is 10.2. The number of aliphatic hydroxyl groups excluding tert-OH is 1. The summed E-state index contributed by atoms with van der Waals surface area (Å²) in [4.78, 5) is 0. The van der Waals surface area contributed by atoms with Crippen LogP contribution in [0.1, 0.15) is 20.3 Å². The molecule has 3 heteroatoms. The van der Waals surface area contributed by atoms with Gasteiger partial charge in [0.1, 0.15) is 12.7 Å². The van der Waals surface area contributed by atoms with Crippen LogP contribution in [0.5, 0.6) is 0 Å². The number of aliphatic hydroxyl groups is 1. The Bertz CT molecular complexity index is 218. The highest BCUT2D eigenvalue weighted by Gasteiger charge is 2.21. The van der Waals surface area contributed by atoms with Gasteiger partial charge in [-0.05, 0) is 26.0 Å². The Morgan fingerprint density at radius 1 is 1.38 bits per heavy atom. The Morgan fingerprint density at radius 2 is 2.08 bits per heavy atom. The second kappa shape index (κ2) is 4.92. The predicted octanol–water partition coefficient (Wildman–Crippen LogP) is 1.59. The molecule has 13 heavy (non-hydrogen) atoms. The van der Waals surface area contributed by atoms with Crippen molar-refractivity contribution in [3.05, 3.63) is 23.7 Å². The number of hydrogen-bond donors (Lipinski definition) is 1. The summed E-state index contributed by atoms with van der Waals surface area (Å²) in [5.41, 5.74) is 0. The fourth-order valence-electron chi connectivity index (χ4n) is 1.25. The highest BCUT2D eigenvalue weighted by Crippen LogP contribution is 2.22. The van der Waals surface area contributed by atoms with E-state index in [4.69, 9.17) is 14.6 Å². The molecule has 1 rings (SSSR count). The first-order valence-electron chi connectivity index (χ1n) is 4.55. The molecule has 0 saturated carbocycles. The molecule has 0 spiro atoms. The van der Waals surface area contributed by atoms with Gasteiger partial charge >= 0.3 is 0 Å². The van der Waals surface area contributed by atoms with Crippen molar-refractivity contribution in [3.63, 3.8) is 0 Å². The molecule has 1 saturated heterocycles. The normalized spacial score (nSPS) is 28.7. The molecular weight excluding hydrogens is 168 g/mol. The first-order valence-corrected chi connectivity index (χ1v) is 4.55. The summed E-state index contributed by atoms with van der Waals surface area (Å²) < 4.78 is 11.0. The first kappa shape index (κ1) is 10.1. The maximum atomic E-state index is 8.73. The van der Waals surface area contributed by atoms with E-state index in [0.29, 0.717) is 13.0 Å². The van der Waals surface area contributed by atoms with Gasteiger partial charge in [0.15, 0.2) is 11.5 Å². The third-order valence-electron chi connectivity index (χ3n) is 1.94. The third kappa shape index (κ3) is 2.49. The van der Waals surface area contributed by atoms with Crippen molar-refractivity contribution in [2.45, 2.75) is 26.4 Å². The molecule has 1 heterocycles. The fourth-order valence-corrected chi connectivity index (χ4v) is 1.25. The van der Waals surface area contributed by atoms with Gasteiger partial charge in [-0.25, -0.2) is 0 Å². The Hall–Kier alpha value is -0.960. The van der Waals surface area contributed by atoms with Gasteiger partial charge in [-0.15, -0.1) is 0 Å². The average molecular weight is 184 g/mol. The molecule has 0 aromatic heterocycles. The lowest BCUT2D eigenvalue weighted by Crippen LogP contribution is -2.27. The molecule has 1 aliphatic rings. The van der Waals surface area contributed by atoms with E-state index in [1.54, 1.807) is 0 Å². The summed E-state index contributed by atoms with van der Waals surface area (Å²) >= 11 is 0. The van der Waals surface area contributed by atoms with Gasteiger partial charge in [-0.2, -0.15) is 0 Å². The van der Waals surface area contributed by atoms with Crippen molar-refractivity contribution in [1.29, 1.82) is 0 Å². The van der Waals surface area contributed by atoms with Crippen molar-refractivity contribution in [3.8, 4) is 0 Å². The molecule has 0 aromatic carbocycles. The van der Waals surface area contributed by atoms with Crippen LogP contribution in [0.3, 0.4) is 0 Å². The minimum atomic E-state index is -0.0140. The van der Waals surface area contributed by atoms with Gasteiger partial charge in [0.05, 0.1) is 0 Å². The van der Waals surface area contributed by atoms with Crippen molar-refractivity contribution in [2.24, 2.45) is 0 Å². The lowest BCUT2D eigenvalue weighted by Gasteiger charge is -2.27. The standard InChI is InChI=1S/C10H16O3/c1-3-9-10(4-2)13-8(5-6-11)7-12-9/h3-4,8,11H,5-7H2,1-2H3/b9-3+,10-4+. The second-order valence-corrected chi connectivity index (χ2v) is 2.87. The van der Waals surface area contributed by atoms with Crippen LogP contribution in [-0.2, 0) is 9.47 Å². The van der Waals surface area contributed by atoms with Gasteiger partial charge in [0.2, 0.25) is 0 Å². The third-order valence-corrected chi connectivity index (χ3v) is 1.94. The zero-order chi connectivity index (χ0) is 9.68. The summed E-state index contributed by atoms with van der Waals surface area (Å²) in [6.07, 6.45) is 4.36. The zero-order valence-corrected chi connectivity index (χ0v) is 8.12. The Balaban J connectivity index is 2.58. The molecule has 0 radical (unpaired) electrons. The Labute approximate surface area is 78.7 Å². The molecule has 0 aliphatic carbocycles. The summed E-state index contributed by atoms with van der Waals surface area (Å²) in [7, 11) is 0. The number of ether oxygens (including phenoxy) is 2. The zero-order valence-electron chi connectivity index (χ0n) is 8.12. The fraction of sp³-hybridized carbons (Fsp3) is 0.600.